The quantitative estimate of drug-likeness (QED) is 0.442. The van der Waals surface area contributed by atoms with Gasteiger partial charge in [0.25, 0.3) is 0 Å². The van der Waals surface area contributed by atoms with Crippen molar-refractivity contribution >= 4 is 23.3 Å². The molecule has 164 valence electrons. The van der Waals surface area contributed by atoms with Crippen LogP contribution in [0.1, 0.15) is 44.4 Å². The molecule has 0 aliphatic carbocycles. The molecular weight excluding hydrogens is 412 g/mol. The van der Waals surface area contributed by atoms with Crippen LogP contribution in [0.4, 0.5) is 0 Å². The van der Waals surface area contributed by atoms with Crippen LogP contribution in [0.25, 0.3) is 0 Å². The zero-order valence-corrected chi connectivity index (χ0v) is 18.9. The molecule has 7 heteroatoms. The fourth-order valence-corrected chi connectivity index (χ4v) is 3.59. The molecule has 2 aromatic rings. The number of nitrogens with one attached hydrogen (secondary N) is 2. The Morgan fingerprint density at radius 3 is 2.55 bits per heavy atom. The average Bonchev–Trinajstić information content (AvgIpc) is 2.77. The Labute approximate surface area is 188 Å². The first-order chi connectivity index (χ1) is 15.0. The topological polar surface area (TPSA) is 68.8 Å². The van der Waals surface area contributed by atoms with E-state index in [1.165, 1.54) is 0 Å². The van der Waals surface area contributed by atoms with Gasteiger partial charge in [0.2, 0.25) is 0 Å². The van der Waals surface area contributed by atoms with Gasteiger partial charge < -0.3 is 24.8 Å². The minimum Gasteiger partial charge on any atom is -0.490 e. The summed E-state index contributed by atoms with van der Waals surface area (Å²) in [5.74, 6) is 0.908. The fourth-order valence-electron chi connectivity index (χ4n) is 3.32. The number of benzene rings is 2. The minimum absolute atomic E-state index is 0.196. The lowest BCUT2D eigenvalue weighted by Crippen LogP contribution is -2.45. The molecule has 1 aliphatic rings. The SMILES string of the molecule is CCCOc1ccc([C@@H]2NC(=S)NC(C)=C2C(=O)OCc2ccccc2)cc1OCC. The second-order valence-corrected chi connectivity index (χ2v) is 7.53. The van der Waals surface area contributed by atoms with Gasteiger partial charge in [0.15, 0.2) is 16.6 Å². The zero-order chi connectivity index (χ0) is 22.2. The van der Waals surface area contributed by atoms with Crippen molar-refractivity contribution in [2.24, 2.45) is 0 Å². The predicted octanol–water partition coefficient (Wildman–Crippen LogP) is 4.41. The molecule has 31 heavy (non-hydrogen) atoms. The normalized spacial score (nSPS) is 15.7. The number of thiocarbonyl (C=S) groups is 1. The highest BCUT2D eigenvalue weighted by atomic mass is 32.1. The Hall–Kier alpha value is -3.06. The molecule has 1 atom stereocenters. The summed E-state index contributed by atoms with van der Waals surface area (Å²) in [5.41, 5.74) is 2.90. The van der Waals surface area contributed by atoms with Gasteiger partial charge in [-0.3, -0.25) is 0 Å². The van der Waals surface area contributed by atoms with Crippen LogP contribution in [0.3, 0.4) is 0 Å². The molecule has 0 spiro atoms. The molecule has 3 rings (SSSR count). The summed E-state index contributed by atoms with van der Waals surface area (Å²) in [7, 11) is 0. The lowest BCUT2D eigenvalue weighted by atomic mass is 9.95. The van der Waals surface area contributed by atoms with E-state index in [2.05, 4.69) is 17.6 Å². The first-order valence-electron chi connectivity index (χ1n) is 10.4. The van der Waals surface area contributed by atoms with E-state index >= 15 is 0 Å². The molecule has 0 saturated carbocycles. The van der Waals surface area contributed by atoms with E-state index in [1.54, 1.807) is 0 Å². The zero-order valence-electron chi connectivity index (χ0n) is 18.1. The Bertz CT molecular complexity index is 959. The van der Waals surface area contributed by atoms with Crippen LogP contribution in [0.5, 0.6) is 11.5 Å². The van der Waals surface area contributed by atoms with Crippen molar-refractivity contribution in [3.05, 3.63) is 70.9 Å². The molecule has 0 amide bonds. The molecule has 0 radical (unpaired) electrons. The van der Waals surface area contributed by atoms with Gasteiger partial charge >= 0.3 is 5.97 Å². The van der Waals surface area contributed by atoms with Crippen LogP contribution < -0.4 is 20.1 Å². The number of ether oxygens (including phenoxy) is 3. The summed E-state index contributed by atoms with van der Waals surface area (Å²) in [5, 5.41) is 6.67. The summed E-state index contributed by atoms with van der Waals surface area (Å²) >= 11 is 5.34. The second-order valence-electron chi connectivity index (χ2n) is 7.12. The van der Waals surface area contributed by atoms with Crippen molar-refractivity contribution in [1.29, 1.82) is 0 Å². The second kappa shape index (κ2) is 10.8. The third-order valence-corrected chi connectivity index (χ3v) is 4.98. The van der Waals surface area contributed by atoms with E-state index < -0.39 is 12.0 Å². The molecule has 2 N–H and O–H groups in total. The number of carbonyl (C=O) groups excluding carboxylic acids is 1. The Morgan fingerprint density at radius 2 is 1.84 bits per heavy atom. The van der Waals surface area contributed by atoms with Crippen LogP contribution in [-0.2, 0) is 16.1 Å². The van der Waals surface area contributed by atoms with Crippen molar-refractivity contribution < 1.29 is 19.0 Å². The van der Waals surface area contributed by atoms with E-state index in [9.17, 15) is 4.79 Å². The summed E-state index contributed by atoms with van der Waals surface area (Å²) in [6, 6.07) is 14.8. The van der Waals surface area contributed by atoms with E-state index in [1.807, 2.05) is 62.4 Å². The van der Waals surface area contributed by atoms with Crippen molar-refractivity contribution in [3.8, 4) is 11.5 Å². The maximum Gasteiger partial charge on any atom is 0.338 e. The van der Waals surface area contributed by atoms with Crippen LogP contribution >= 0.6 is 12.2 Å². The molecule has 0 bridgehead atoms. The van der Waals surface area contributed by atoms with Crippen LogP contribution in [0, 0.1) is 0 Å². The molecule has 6 nitrogen and oxygen atoms in total. The third kappa shape index (κ3) is 5.76. The van der Waals surface area contributed by atoms with Crippen molar-refractivity contribution in [3.63, 3.8) is 0 Å². The monoisotopic (exact) mass is 440 g/mol. The van der Waals surface area contributed by atoms with Crippen molar-refractivity contribution in [2.75, 3.05) is 13.2 Å². The summed E-state index contributed by atoms with van der Waals surface area (Å²) in [6.45, 7) is 7.10. The maximum atomic E-state index is 13.0. The summed E-state index contributed by atoms with van der Waals surface area (Å²) in [6.07, 6.45) is 0.900. The smallest absolute Gasteiger partial charge is 0.338 e. The van der Waals surface area contributed by atoms with Crippen LogP contribution in [0.15, 0.2) is 59.8 Å². The highest BCUT2D eigenvalue weighted by Gasteiger charge is 2.31. The first kappa shape index (κ1) is 22.6. The molecule has 0 saturated heterocycles. The lowest BCUT2D eigenvalue weighted by Gasteiger charge is -2.30. The predicted molar refractivity (Wildman–Crippen MR) is 124 cm³/mol. The fraction of sp³-hybridized carbons (Fsp3) is 0.333. The van der Waals surface area contributed by atoms with Crippen LogP contribution in [0.2, 0.25) is 0 Å². The van der Waals surface area contributed by atoms with Gasteiger partial charge in [-0.05, 0) is 55.7 Å². The maximum absolute atomic E-state index is 13.0. The number of allylic oxidation sites excluding steroid dienone is 1. The van der Waals surface area contributed by atoms with E-state index in [0.29, 0.717) is 41.1 Å². The Kier molecular flexibility index (Phi) is 7.89. The number of esters is 1. The van der Waals surface area contributed by atoms with Crippen LogP contribution in [-0.4, -0.2) is 24.3 Å². The highest BCUT2D eigenvalue weighted by Crippen LogP contribution is 2.35. The van der Waals surface area contributed by atoms with Gasteiger partial charge in [0.05, 0.1) is 24.8 Å². The standard InChI is InChI=1S/C24H28N2O4S/c1-4-13-29-19-12-11-18(14-20(19)28-5-2)22-21(16(3)25-24(31)26-22)23(27)30-15-17-9-7-6-8-10-17/h6-12,14,22H,4-5,13,15H2,1-3H3,(H2,25,26,31)/t22-/m0/s1. The number of carbonyl (C=O) groups is 1. The lowest BCUT2D eigenvalue weighted by molar-refractivity contribution is -0.140. The number of rotatable bonds is 9. The van der Waals surface area contributed by atoms with E-state index in [0.717, 1.165) is 17.5 Å². The van der Waals surface area contributed by atoms with E-state index in [4.69, 9.17) is 26.4 Å². The molecular formula is C24H28N2O4S. The van der Waals surface area contributed by atoms with Gasteiger partial charge in [-0.1, -0.05) is 43.3 Å². The van der Waals surface area contributed by atoms with Crippen molar-refractivity contribution in [2.45, 2.75) is 39.8 Å². The average molecular weight is 441 g/mol. The minimum atomic E-state index is -0.462. The molecule has 0 fully saturated rings. The molecule has 2 aromatic carbocycles. The summed E-state index contributed by atoms with van der Waals surface area (Å²) in [4.78, 5) is 13.0. The molecule has 0 unspecified atom stereocenters. The number of hydrogen-bond donors (Lipinski definition) is 2. The largest absolute Gasteiger partial charge is 0.490 e. The summed E-state index contributed by atoms with van der Waals surface area (Å²) < 4.78 is 17.2. The third-order valence-electron chi connectivity index (χ3n) is 4.76. The Morgan fingerprint density at radius 1 is 1.06 bits per heavy atom. The highest BCUT2D eigenvalue weighted by molar-refractivity contribution is 7.80. The van der Waals surface area contributed by atoms with E-state index in [-0.39, 0.29) is 6.61 Å². The van der Waals surface area contributed by atoms with Gasteiger partial charge in [-0.15, -0.1) is 0 Å². The first-order valence-corrected chi connectivity index (χ1v) is 10.8. The van der Waals surface area contributed by atoms with Gasteiger partial charge in [-0.25, -0.2) is 4.79 Å². The Balaban J connectivity index is 1.88. The molecule has 1 heterocycles. The number of hydrogen-bond acceptors (Lipinski definition) is 5. The van der Waals surface area contributed by atoms with Crippen molar-refractivity contribution in [1.82, 2.24) is 10.6 Å². The van der Waals surface area contributed by atoms with Gasteiger partial charge in [0.1, 0.15) is 6.61 Å². The molecule has 0 aromatic heterocycles. The van der Waals surface area contributed by atoms with Gasteiger partial charge in [0, 0.05) is 5.70 Å². The molecule has 1 aliphatic heterocycles. The van der Waals surface area contributed by atoms with Gasteiger partial charge in [-0.2, -0.15) is 0 Å².